The second-order valence-corrected chi connectivity index (χ2v) is 13.5. The summed E-state index contributed by atoms with van der Waals surface area (Å²) in [4.78, 5) is 20.7. The van der Waals surface area contributed by atoms with E-state index in [1.54, 1.807) is 0 Å². The topological polar surface area (TPSA) is 56.5 Å². The fraction of sp³-hybridized carbons (Fsp3) is 0. The highest BCUT2D eigenvalue weighted by molar-refractivity contribution is 6.09. The Kier molecular flexibility index (Phi) is 8.08. The number of benzene rings is 7. The predicted molar refractivity (Wildman–Crippen MR) is 225 cm³/mol. The van der Waals surface area contributed by atoms with E-state index < -0.39 is 0 Å². The van der Waals surface area contributed by atoms with Gasteiger partial charge < -0.3 is 4.57 Å². The Hall–Kier alpha value is -7.50. The minimum absolute atomic E-state index is 0.632. The number of para-hydroxylation sites is 2. The van der Waals surface area contributed by atoms with Gasteiger partial charge in [0.1, 0.15) is 0 Å². The van der Waals surface area contributed by atoms with Crippen LogP contribution in [0.2, 0.25) is 0 Å². The monoisotopic (exact) mass is 703 g/mol. The largest absolute Gasteiger partial charge is 0.309 e. The molecule has 0 spiro atoms. The Morgan fingerprint density at radius 2 is 0.691 bits per heavy atom. The molecule has 5 heteroatoms. The SMILES string of the molecule is c1ccc(-c2cc(-c3ccccc3)nc(-c3ccccc3-c3cc(-c4ccc(-n5c6ccccc6c6ccccc65)cc4)nc(-c4ccccc4)n3)n2)cc1. The summed E-state index contributed by atoms with van der Waals surface area (Å²) in [5, 5.41) is 2.48. The van der Waals surface area contributed by atoms with Crippen LogP contribution in [0, 0.1) is 0 Å². The summed E-state index contributed by atoms with van der Waals surface area (Å²) in [5.74, 6) is 1.28. The van der Waals surface area contributed by atoms with Crippen molar-refractivity contribution in [2.24, 2.45) is 0 Å². The van der Waals surface area contributed by atoms with Crippen molar-refractivity contribution < 1.29 is 0 Å². The summed E-state index contributed by atoms with van der Waals surface area (Å²) in [7, 11) is 0. The molecular weight excluding hydrogens is 671 g/mol. The summed E-state index contributed by atoms with van der Waals surface area (Å²) in [6.07, 6.45) is 0. The summed E-state index contributed by atoms with van der Waals surface area (Å²) in [6, 6.07) is 69.0. The third-order valence-corrected chi connectivity index (χ3v) is 10.1. The molecule has 0 atom stereocenters. The first-order chi connectivity index (χ1) is 27.3. The van der Waals surface area contributed by atoms with Crippen molar-refractivity contribution in [3.63, 3.8) is 0 Å². The van der Waals surface area contributed by atoms with Crippen molar-refractivity contribution in [3.8, 4) is 73.5 Å². The van der Waals surface area contributed by atoms with E-state index in [0.29, 0.717) is 11.6 Å². The van der Waals surface area contributed by atoms with Crippen molar-refractivity contribution in [1.29, 1.82) is 0 Å². The first kappa shape index (κ1) is 32.2. The molecular formula is C50H33N5. The molecule has 7 aromatic carbocycles. The minimum atomic E-state index is 0.632. The molecule has 55 heavy (non-hydrogen) atoms. The lowest BCUT2D eigenvalue weighted by molar-refractivity contribution is 1.16. The smallest absolute Gasteiger partial charge is 0.161 e. The maximum Gasteiger partial charge on any atom is 0.161 e. The van der Waals surface area contributed by atoms with Crippen molar-refractivity contribution >= 4 is 21.8 Å². The molecule has 0 amide bonds. The fourth-order valence-corrected chi connectivity index (χ4v) is 7.41. The van der Waals surface area contributed by atoms with Gasteiger partial charge in [-0.2, -0.15) is 0 Å². The van der Waals surface area contributed by atoms with Gasteiger partial charge in [0.2, 0.25) is 0 Å². The number of fused-ring (bicyclic) bond motifs is 3. The molecule has 0 aliphatic rings. The van der Waals surface area contributed by atoms with E-state index in [-0.39, 0.29) is 0 Å². The zero-order chi connectivity index (χ0) is 36.6. The second kappa shape index (κ2) is 13.8. The lowest BCUT2D eigenvalue weighted by atomic mass is 10.00. The standard InChI is InChI=1S/C50H33N5/c1-4-16-34(17-5-1)43-32-44(35-18-6-2-7-19-35)53-50(52-43)42-25-11-10-22-39(42)46-33-45(51-49(54-46)37-20-8-3-9-21-37)36-28-30-38(31-29-36)55-47-26-14-12-23-40(47)41-24-13-15-27-48(41)55/h1-33H. The second-order valence-electron chi connectivity index (χ2n) is 13.5. The molecule has 0 aliphatic carbocycles. The maximum atomic E-state index is 5.20. The number of hydrogen-bond acceptors (Lipinski definition) is 4. The quantitative estimate of drug-likeness (QED) is 0.166. The predicted octanol–water partition coefficient (Wildman–Crippen LogP) is 12.4. The average molecular weight is 704 g/mol. The third kappa shape index (κ3) is 6.04. The van der Waals surface area contributed by atoms with Crippen molar-refractivity contribution in [2.75, 3.05) is 0 Å². The van der Waals surface area contributed by atoms with E-state index in [4.69, 9.17) is 19.9 Å². The van der Waals surface area contributed by atoms with Crippen LogP contribution in [0.4, 0.5) is 0 Å². The summed E-state index contributed by atoms with van der Waals surface area (Å²) < 4.78 is 2.33. The van der Waals surface area contributed by atoms with Crippen LogP contribution < -0.4 is 0 Å². The van der Waals surface area contributed by atoms with Gasteiger partial charge in [-0.3, -0.25) is 0 Å². The van der Waals surface area contributed by atoms with Gasteiger partial charge in [-0.1, -0.05) is 164 Å². The van der Waals surface area contributed by atoms with Gasteiger partial charge >= 0.3 is 0 Å². The molecule has 258 valence electrons. The van der Waals surface area contributed by atoms with Crippen LogP contribution in [0.15, 0.2) is 200 Å². The Morgan fingerprint density at radius 3 is 1.25 bits per heavy atom. The Bertz CT molecular complexity index is 2840. The van der Waals surface area contributed by atoms with Crippen molar-refractivity contribution in [3.05, 3.63) is 200 Å². The number of nitrogens with zero attached hydrogens (tertiary/aromatic N) is 5. The Morgan fingerprint density at radius 1 is 0.291 bits per heavy atom. The first-order valence-corrected chi connectivity index (χ1v) is 18.4. The van der Waals surface area contributed by atoms with E-state index in [1.165, 1.54) is 21.8 Å². The summed E-state index contributed by atoms with van der Waals surface area (Å²) >= 11 is 0. The van der Waals surface area contributed by atoms with Gasteiger partial charge in [-0.15, -0.1) is 0 Å². The van der Waals surface area contributed by atoms with Gasteiger partial charge in [0.15, 0.2) is 11.6 Å². The number of hydrogen-bond donors (Lipinski definition) is 0. The van der Waals surface area contributed by atoms with Crippen LogP contribution >= 0.6 is 0 Å². The van der Waals surface area contributed by atoms with E-state index in [2.05, 4.69) is 138 Å². The van der Waals surface area contributed by atoms with Gasteiger partial charge in [0, 0.05) is 49.8 Å². The van der Waals surface area contributed by atoms with Crippen molar-refractivity contribution in [2.45, 2.75) is 0 Å². The fourth-order valence-electron chi connectivity index (χ4n) is 7.41. The molecule has 0 fully saturated rings. The average Bonchev–Trinajstić information content (AvgIpc) is 3.61. The molecule has 3 aromatic heterocycles. The van der Waals surface area contributed by atoms with E-state index in [1.807, 2.05) is 66.7 Å². The molecule has 0 radical (unpaired) electrons. The molecule has 0 N–H and O–H groups in total. The van der Waals surface area contributed by atoms with E-state index >= 15 is 0 Å². The normalized spacial score (nSPS) is 11.3. The molecule has 10 rings (SSSR count). The van der Waals surface area contributed by atoms with Crippen molar-refractivity contribution in [1.82, 2.24) is 24.5 Å². The molecule has 0 bridgehead atoms. The molecule has 0 unspecified atom stereocenters. The van der Waals surface area contributed by atoms with E-state index in [9.17, 15) is 0 Å². The summed E-state index contributed by atoms with van der Waals surface area (Å²) in [6.45, 7) is 0. The van der Waals surface area contributed by atoms with Crippen LogP contribution in [-0.4, -0.2) is 24.5 Å². The van der Waals surface area contributed by atoms with Crippen LogP contribution in [0.25, 0.3) is 95.3 Å². The van der Waals surface area contributed by atoms with Gasteiger partial charge in [0.25, 0.3) is 0 Å². The lowest BCUT2D eigenvalue weighted by Gasteiger charge is -2.14. The number of rotatable bonds is 7. The molecule has 0 aliphatic heterocycles. The highest BCUT2D eigenvalue weighted by atomic mass is 15.0. The van der Waals surface area contributed by atoms with Crippen LogP contribution in [-0.2, 0) is 0 Å². The molecule has 5 nitrogen and oxygen atoms in total. The lowest BCUT2D eigenvalue weighted by Crippen LogP contribution is -2.00. The molecule has 10 aromatic rings. The maximum absolute atomic E-state index is 5.20. The van der Waals surface area contributed by atoms with Crippen LogP contribution in [0.3, 0.4) is 0 Å². The Labute approximate surface area is 318 Å². The van der Waals surface area contributed by atoms with Gasteiger partial charge in [-0.25, -0.2) is 19.9 Å². The number of aromatic nitrogens is 5. The first-order valence-electron chi connectivity index (χ1n) is 18.4. The molecule has 3 heterocycles. The zero-order valence-electron chi connectivity index (χ0n) is 29.8. The van der Waals surface area contributed by atoms with Crippen LogP contribution in [0.5, 0.6) is 0 Å². The highest BCUT2D eigenvalue weighted by Crippen LogP contribution is 2.36. The Balaban J connectivity index is 1.12. The minimum Gasteiger partial charge on any atom is -0.309 e. The van der Waals surface area contributed by atoms with E-state index in [0.717, 1.165) is 61.8 Å². The summed E-state index contributed by atoms with van der Waals surface area (Å²) in [5.41, 5.74) is 12.6. The third-order valence-electron chi connectivity index (χ3n) is 10.1. The highest BCUT2D eigenvalue weighted by Gasteiger charge is 2.18. The van der Waals surface area contributed by atoms with Gasteiger partial charge in [0.05, 0.1) is 33.8 Å². The zero-order valence-corrected chi connectivity index (χ0v) is 29.8. The van der Waals surface area contributed by atoms with Crippen LogP contribution in [0.1, 0.15) is 0 Å². The molecule has 0 saturated carbocycles. The van der Waals surface area contributed by atoms with Gasteiger partial charge in [-0.05, 0) is 36.4 Å². The molecule has 0 saturated heterocycles.